The van der Waals surface area contributed by atoms with Gasteiger partial charge in [-0.15, -0.1) is 0 Å². The van der Waals surface area contributed by atoms with Gasteiger partial charge in [-0.3, -0.25) is 0 Å². The van der Waals surface area contributed by atoms with Gasteiger partial charge in [-0.1, -0.05) is 28.9 Å². The molecule has 3 rings (SSSR count). The molecule has 0 aliphatic carbocycles. The Morgan fingerprint density at radius 3 is 2.67 bits per heavy atom. The zero-order valence-corrected chi connectivity index (χ0v) is 13.5. The highest BCUT2D eigenvalue weighted by Gasteiger charge is 2.15. The third-order valence-corrected chi connectivity index (χ3v) is 3.48. The molecule has 0 fully saturated rings. The zero-order chi connectivity index (χ0) is 16.9. The summed E-state index contributed by atoms with van der Waals surface area (Å²) in [4.78, 5) is 16.3. The number of para-hydroxylation sites is 1. The Hall–Kier alpha value is -2.86. The van der Waals surface area contributed by atoms with Crippen molar-refractivity contribution >= 4 is 17.6 Å². The van der Waals surface area contributed by atoms with Gasteiger partial charge in [-0.05, 0) is 36.4 Å². The van der Waals surface area contributed by atoms with E-state index in [-0.39, 0.29) is 12.5 Å². The molecule has 24 heavy (non-hydrogen) atoms. The molecule has 3 aromatic rings. The van der Waals surface area contributed by atoms with Crippen molar-refractivity contribution in [3.63, 3.8) is 0 Å². The fraction of sp³-hybridized carbons (Fsp3) is 0.118. The molecule has 0 N–H and O–H groups in total. The lowest BCUT2D eigenvalue weighted by Crippen LogP contribution is -2.07. The summed E-state index contributed by atoms with van der Waals surface area (Å²) in [5.74, 6) is 0.506. The Morgan fingerprint density at radius 1 is 1.17 bits per heavy atom. The monoisotopic (exact) mass is 344 g/mol. The van der Waals surface area contributed by atoms with Crippen LogP contribution in [0.2, 0.25) is 5.02 Å². The van der Waals surface area contributed by atoms with Gasteiger partial charge in [-0.25, -0.2) is 4.79 Å². The molecule has 1 aromatic heterocycles. The number of hydrogen-bond acceptors (Lipinski definition) is 6. The maximum Gasteiger partial charge on any atom is 0.342 e. The van der Waals surface area contributed by atoms with Crippen LogP contribution in [-0.2, 0) is 11.3 Å². The van der Waals surface area contributed by atoms with E-state index in [9.17, 15) is 4.79 Å². The number of halogens is 1. The summed E-state index contributed by atoms with van der Waals surface area (Å²) in [6.07, 6.45) is 0. The van der Waals surface area contributed by atoms with Gasteiger partial charge in [0.1, 0.15) is 11.3 Å². The fourth-order valence-electron chi connectivity index (χ4n) is 2.05. The lowest BCUT2D eigenvalue weighted by molar-refractivity contribution is 0.0426. The molecule has 122 valence electrons. The fourth-order valence-corrected chi connectivity index (χ4v) is 2.17. The number of benzene rings is 2. The number of methoxy groups -OCH3 is 1. The lowest BCUT2D eigenvalue weighted by atomic mass is 10.2. The molecule has 7 heteroatoms. The highest BCUT2D eigenvalue weighted by molar-refractivity contribution is 6.30. The Labute approximate surface area is 143 Å². The zero-order valence-electron chi connectivity index (χ0n) is 12.7. The second kappa shape index (κ2) is 7.14. The average molecular weight is 345 g/mol. The van der Waals surface area contributed by atoms with Crippen molar-refractivity contribution in [2.45, 2.75) is 6.61 Å². The van der Waals surface area contributed by atoms with E-state index in [1.165, 1.54) is 7.11 Å². The number of ether oxygens (including phenoxy) is 2. The largest absolute Gasteiger partial charge is 0.496 e. The Bertz CT molecular complexity index is 846. The van der Waals surface area contributed by atoms with Gasteiger partial charge in [0.2, 0.25) is 5.82 Å². The summed E-state index contributed by atoms with van der Waals surface area (Å²) < 4.78 is 15.4. The van der Waals surface area contributed by atoms with Crippen LogP contribution in [-0.4, -0.2) is 23.2 Å². The SMILES string of the molecule is COc1ccccc1C(=O)OCc1nc(-c2ccc(Cl)cc2)no1. The molecular formula is C17H13ClN2O4. The summed E-state index contributed by atoms with van der Waals surface area (Å²) in [7, 11) is 1.49. The van der Waals surface area contributed by atoms with Crippen LogP contribution >= 0.6 is 11.6 Å². The summed E-state index contributed by atoms with van der Waals surface area (Å²) in [6.45, 7) is -0.128. The first-order valence-corrected chi connectivity index (χ1v) is 7.44. The number of hydrogen-bond donors (Lipinski definition) is 0. The molecule has 6 nitrogen and oxygen atoms in total. The van der Waals surface area contributed by atoms with Crippen molar-refractivity contribution in [2.24, 2.45) is 0 Å². The quantitative estimate of drug-likeness (QED) is 0.656. The summed E-state index contributed by atoms with van der Waals surface area (Å²) in [5, 5.41) is 4.47. The predicted molar refractivity (Wildman–Crippen MR) is 86.9 cm³/mol. The van der Waals surface area contributed by atoms with E-state index in [0.29, 0.717) is 22.2 Å². The van der Waals surface area contributed by atoms with Gasteiger partial charge < -0.3 is 14.0 Å². The van der Waals surface area contributed by atoms with Crippen molar-refractivity contribution in [3.05, 3.63) is 65.0 Å². The second-order valence-electron chi connectivity index (χ2n) is 4.80. The highest BCUT2D eigenvalue weighted by atomic mass is 35.5. The number of aromatic nitrogens is 2. The second-order valence-corrected chi connectivity index (χ2v) is 5.23. The molecule has 0 bridgehead atoms. The Balaban J connectivity index is 1.67. The molecule has 0 spiro atoms. The molecule has 0 saturated carbocycles. The molecule has 0 aliphatic heterocycles. The molecule has 0 atom stereocenters. The minimum Gasteiger partial charge on any atom is -0.496 e. The normalized spacial score (nSPS) is 10.4. The third-order valence-electron chi connectivity index (χ3n) is 3.22. The molecule has 0 unspecified atom stereocenters. The van der Waals surface area contributed by atoms with Gasteiger partial charge in [0.25, 0.3) is 5.89 Å². The minimum atomic E-state index is -0.529. The number of nitrogens with zero attached hydrogens (tertiary/aromatic N) is 2. The van der Waals surface area contributed by atoms with E-state index < -0.39 is 5.97 Å². The topological polar surface area (TPSA) is 74.5 Å². The molecule has 0 aliphatic rings. The van der Waals surface area contributed by atoms with Crippen LogP contribution in [0.3, 0.4) is 0 Å². The standard InChI is InChI=1S/C17H13ClN2O4/c1-22-14-5-3-2-4-13(14)17(21)23-10-15-19-16(20-24-15)11-6-8-12(18)9-7-11/h2-9H,10H2,1H3. The molecular weight excluding hydrogens is 332 g/mol. The number of rotatable bonds is 5. The molecule has 1 heterocycles. The smallest absolute Gasteiger partial charge is 0.342 e. The maximum absolute atomic E-state index is 12.1. The van der Waals surface area contributed by atoms with Gasteiger partial charge in [-0.2, -0.15) is 4.98 Å². The predicted octanol–water partition coefficient (Wildman–Crippen LogP) is 3.76. The first kappa shape index (κ1) is 16.0. The molecule has 2 aromatic carbocycles. The van der Waals surface area contributed by atoms with E-state index in [0.717, 1.165) is 5.56 Å². The summed E-state index contributed by atoms with van der Waals surface area (Å²) >= 11 is 5.84. The van der Waals surface area contributed by atoms with Gasteiger partial charge >= 0.3 is 5.97 Å². The van der Waals surface area contributed by atoms with Crippen molar-refractivity contribution in [3.8, 4) is 17.1 Å². The van der Waals surface area contributed by atoms with E-state index in [1.54, 1.807) is 48.5 Å². The van der Waals surface area contributed by atoms with Crippen LogP contribution in [0, 0.1) is 0 Å². The van der Waals surface area contributed by atoms with Gasteiger partial charge in [0.15, 0.2) is 6.61 Å². The lowest BCUT2D eigenvalue weighted by Gasteiger charge is -2.06. The summed E-state index contributed by atoms with van der Waals surface area (Å²) in [5.41, 5.74) is 1.09. The van der Waals surface area contributed by atoms with Crippen molar-refractivity contribution in [1.29, 1.82) is 0 Å². The van der Waals surface area contributed by atoms with Crippen LogP contribution in [0.4, 0.5) is 0 Å². The highest BCUT2D eigenvalue weighted by Crippen LogP contribution is 2.20. The Morgan fingerprint density at radius 2 is 1.92 bits per heavy atom. The average Bonchev–Trinajstić information content (AvgIpc) is 3.09. The minimum absolute atomic E-state index is 0.128. The van der Waals surface area contributed by atoms with E-state index >= 15 is 0 Å². The van der Waals surface area contributed by atoms with E-state index in [4.69, 9.17) is 25.6 Å². The van der Waals surface area contributed by atoms with Crippen LogP contribution in [0.15, 0.2) is 53.1 Å². The van der Waals surface area contributed by atoms with Gasteiger partial charge in [0, 0.05) is 10.6 Å². The number of esters is 1. The third kappa shape index (κ3) is 3.55. The first-order valence-electron chi connectivity index (χ1n) is 7.06. The number of carbonyl (C=O) groups is 1. The maximum atomic E-state index is 12.1. The van der Waals surface area contributed by atoms with E-state index in [1.807, 2.05) is 0 Å². The van der Waals surface area contributed by atoms with Crippen LogP contribution in [0.25, 0.3) is 11.4 Å². The number of carbonyl (C=O) groups excluding carboxylic acids is 1. The molecule has 0 radical (unpaired) electrons. The van der Waals surface area contributed by atoms with E-state index in [2.05, 4.69) is 10.1 Å². The van der Waals surface area contributed by atoms with Crippen molar-refractivity contribution < 1.29 is 18.8 Å². The summed E-state index contributed by atoms with van der Waals surface area (Å²) in [6, 6.07) is 13.8. The van der Waals surface area contributed by atoms with Crippen LogP contribution < -0.4 is 4.74 Å². The van der Waals surface area contributed by atoms with Crippen LogP contribution in [0.1, 0.15) is 16.2 Å². The van der Waals surface area contributed by atoms with Crippen molar-refractivity contribution in [1.82, 2.24) is 10.1 Å². The van der Waals surface area contributed by atoms with Crippen molar-refractivity contribution in [2.75, 3.05) is 7.11 Å². The van der Waals surface area contributed by atoms with Gasteiger partial charge in [0.05, 0.1) is 7.11 Å². The Kier molecular flexibility index (Phi) is 4.77. The molecule has 0 amide bonds. The molecule has 0 saturated heterocycles. The van der Waals surface area contributed by atoms with Crippen LogP contribution in [0.5, 0.6) is 5.75 Å². The first-order chi connectivity index (χ1) is 11.7.